The molecule has 0 amide bonds. The first kappa shape index (κ1) is 13.5. The van der Waals surface area contributed by atoms with Gasteiger partial charge in [0.05, 0.1) is 4.92 Å². The van der Waals surface area contributed by atoms with Crippen LogP contribution >= 0.6 is 0 Å². The van der Waals surface area contributed by atoms with Crippen molar-refractivity contribution in [3.63, 3.8) is 0 Å². The zero-order valence-corrected chi connectivity index (χ0v) is 11.2. The molecular weight excluding hydrogens is 246 g/mol. The first-order chi connectivity index (χ1) is 9.11. The Morgan fingerprint density at radius 3 is 2.84 bits per heavy atom. The summed E-state index contributed by atoms with van der Waals surface area (Å²) < 4.78 is 0. The minimum atomic E-state index is -0.456. The van der Waals surface area contributed by atoms with Crippen LogP contribution in [0.5, 0.6) is 0 Å². The van der Waals surface area contributed by atoms with E-state index in [2.05, 4.69) is 27.5 Å². The third kappa shape index (κ3) is 3.52. The van der Waals surface area contributed by atoms with Crippen LogP contribution in [0.2, 0.25) is 0 Å². The predicted octanol–water partition coefficient (Wildman–Crippen LogP) is 2.27. The number of aromatic nitrogens is 2. The molecule has 19 heavy (non-hydrogen) atoms. The first-order valence-corrected chi connectivity index (χ1v) is 6.61. The highest BCUT2D eigenvalue weighted by molar-refractivity contribution is 5.57. The van der Waals surface area contributed by atoms with Crippen LogP contribution in [0, 0.1) is 22.0 Å². The molecule has 2 unspecified atom stereocenters. The van der Waals surface area contributed by atoms with E-state index in [0.717, 1.165) is 19.5 Å². The number of anilines is 2. The second-order valence-corrected chi connectivity index (χ2v) is 4.97. The third-order valence-corrected chi connectivity index (χ3v) is 3.31. The molecule has 1 aliphatic carbocycles. The Labute approximate surface area is 112 Å². The molecule has 7 heteroatoms. The molecule has 7 nitrogen and oxygen atoms in total. The SMILES string of the molecule is CCCNc1ncc([N+](=O)[O-])c(NCC2CC2C)n1. The van der Waals surface area contributed by atoms with Gasteiger partial charge in [-0.1, -0.05) is 13.8 Å². The standard InChI is InChI=1S/C12H19N5O2/c1-3-4-13-12-15-7-10(17(18)19)11(16-12)14-6-9-5-8(9)2/h7-9H,3-6H2,1-2H3,(H2,13,14,15,16). The highest BCUT2D eigenvalue weighted by Gasteiger charge is 2.32. The van der Waals surface area contributed by atoms with E-state index in [1.165, 1.54) is 12.6 Å². The number of rotatable bonds is 7. The monoisotopic (exact) mass is 265 g/mol. The molecule has 2 rings (SSSR count). The zero-order valence-electron chi connectivity index (χ0n) is 11.2. The molecule has 1 saturated carbocycles. The molecule has 1 aromatic heterocycles. The smallest absolute Gasteiger partial charge is 0.329 e. The number of nitrogens with one attached hydrogen (secondary N) is 2. The number of nitro groups is 1. The van der Waals surface area contributed by atoms with Gasteiger partial charge in [-0.2, -0.15) is 4.98 Å². The van der Waals surface area contributed by atoms with Gasteiger partial charge in [0.25, 0.3) is 0 Å². The second-order valence-electron chi connectivity index (χ2n) is 4.97. The summed E-state index contributed by atoms with van der Waals surface area (Å²) in [7, 11) is 0. The summed E-state index contributed by atoms with van der Waals surface area (Å²) in [5.41, 5.74) is -0.0737. The Bertz CT molecular complexity index is 465. The fourth-order valence-corrected chi connectivity index (χ4v) is 1.87. The summed E-state index contributed by atoms with van der Waals surface area (Å²) in [6.07, 6.45) is 3.37. The highest BCUT2D eigenvalue weighted by Crippen LogP contribution is 2.38. The average molecular weight is 265 g/mol. The molecule has 0 aromatic carbocycles. The van der Waals surface area contributed by atoms with E-state index in [-0.39, 0.29) is 5.69 Å². The summed E-state index contributed by atoms with van der Waals surface area (Å²) in [5, 5.41) is 17.0. The van der Waals surface area contributed by atoms with Crippen LogP contribution in [0.15, 0.2) is 6.20 Å². The molecule has 0 spiro atoms. The van der Waals surface area contributed by atoms with E-state index in [0.29, 0.717) is 23.6 Å². The summed E-state index contributed by atoms with van der Waals surface area (Å²) >= 11 is 0. The van der Waals surface area contributed by atoms with E-state index in [9.17, 15) is 10.1 Å². The van der Waals surface area contributed by atoms with Gasteiger partial charge in [0, 0.05) is 13.1 Å². The number of hydrogen-bond acceptors (Lipinski definition) is 6. The van der Waals surface area contributed by atoms with Gasteiger partial charge in [-0.05, 0) is 24.7 Å². The minimum absolute atomic E-state index is 0.0737. The summed E-state index contributed by atoms with van der Waals surface area (Å²) in [6, 6.07) is 0. The molecule has 1 heterocycles. The Kier molecular flexibility index (Phi) is 4.13. The maximum absolute atomic E-state index is 10.9. The van der Waals surface area contributed by atoms with Crippen LogP contribution in [0.1, 0.15) is 26.7 Å². The van der Waals surface area contributed by atoms with Crippen LogP contribution in [0.25, 0.3) is 0 Å². The Morgan fingerprint density at radius 1 is 1.53 bits per heavy atom. The van der Waals surface area contributed by atoms with E-state index in [4.69, 9.17) is 0 Å². The molecule has 1 aromatic rings. The molecule has 104 valence electrons. The normalized spacial score (nSPS) is 20.9. The topological polar surface area (TPSA) is 93.0 Å². The van der Waals surface area contributed by atoms with E-state index < -0.39 is 4.92 Å². The van der Waals surface area contributed by atoms with Crippen LogP contribution in [0.4, 0.5) is 17.5 Å². The third-order valence-electron chi connectivity index (χ3n) is 3.31. The molecule has 0 radical (unpaired) electrons. The lowest BCUT2D eigenvalue weighted by Crippen LogP contribution is -2.11. The van der Waals surface area contributed by atoms with Gasteiger partial charge in [-0.15, -0.1) is 0 Å². The molecule has 0 aliphatic heterocycles. The lowest BCUT2D eigenvalue weighted by molar-refractivity contribution is -0.384. The molecule has 0 saturated heterocycles. The van der Waals surface area contributed by atoms with Crippen molar-refractivity contribution >= 4 is 17.5 Å². The Balaban J connectivity index is 2.08. The predicted molar refractivity (Wildman–Crippen MR) is 73.2 cm³/mol. The number of nitrogens with zero attached hydrogens (tertiary/aromatic N) is 3. The van der Waals surface area contributed by atoms with Crippen LogP contribution < -0.4 is 10.6 Å². The van der Waals surface area contributed by atoms with Crippen molar-refractivity contribution in [3.8, 4) is 0 Å². The van der Waals surface area contributed by atoms with Crippen molar-refractivity contribution in [1.29, 1.82) is 0 Å². The van der Waals surface area contributed by atoms with Crippen LogP contribution in [-0.4, -0.2) is 28.0 Å². The fourth-order valence-electron chi connectivity index (χ4n) is 1.87. The molecular formula is C12H19N5O2. The molecule has 2 atom stereocenters. The van der Waals surface area contributed by atoms with Gasteiger partial charge >= 0.3 is 5.69 Å². The zero-order chi connectivity index (χ0) is 13.8. The molecule has 1 aliphatic rings. The number of hydrogen-bond donors (Lipinski definition) is 2. The van der Waals surface area contributed by atoms with Gasteiger partial charge < -0.3 is 10.6 Å². The fraction of sp³-hybridized carbons (Fsp3) is 0.667. The van der Waals surface area contributed by atoms with Crippen molar-refractivity contribution in [3.05, 3.63) is 16.3 Å². The van der Waals surface area contributed by atoms with Gasteiger partial charge in [-0.25, -0.2) is 4.98 Å². The lowest BCUT2D eigenvalue weighted by Gasteiger charge is -2.08. The van der Waals surface area contributed by atoms with Crippen molar-refractivity contribution in [2.75, 3.05) is 23.7 Å². The van der Waals surface area contributed by atoms with Crippen molar-refractivity contribution < 1.29 is 4.92 Å². The minimum Gasteiger partial charge on any atom is -0.364 e. The second kappa shape index (κ2) is 5.81. The Hall–Kier alpha value is -1.92. The molecule has 2 N–H and O–H groups in total. The highest BCUT2D eigenvalue weighted by atomic mass is 16.6. The maximum Gasteiger partial charge on any atom is 0.329 e. The van der Waals surface area contributed by atoms with Gasteiger partial charge in [-0.3, -0.25) is 10.1 Å². The van der Waals surface area contributed by atoms with Gasteiger partial charge in [0.1, 0.15) is 6.20 Å². The largest absolute Gasteiger partial charge is 0.364 e. The Morgan fingerprint density at radius 2 is 2.26 bits per heavy atom. The van der Waals surface area contributed by atoms with Crippen molar-refractivity contribution in [2.24, 2.45) is 11.8 Å². The van der Waals surface area contributed by atoms with E-state index >= 15 is 0 Å². The summed E-state index contributed by atoms with van der Waals surface area (Å²) in [4.78, 5) is 18.6. The van der Waals surface area contributed by atoms with Crippen LogP contribution in [0.3, 0.4) is 0 Å². The van der Waals surface area contributed by atoms with Crippen LogP contribution in [-0.2, 0) is 0 Å². The van der Waals surface area contributed by atoms with Crippen molar-refractivity contribution in [2.45, 2.75) is 26.7 Å². The molecule has 0 bridgehead atoms. The van der Waals surface area contributed by atoms with E-state index in [1.54, 1.807) is 0 Å². The lowest BCUT2D eigenvalue weighted by atomic mass is 10.3. The van der Waals surface area contributed by atoms with Gasteiger partial charge in [0.2, 0.25) is 11.8 Å². The molecule has 1 fully saturated rings. The van der Waals surface area contributed by atoms with Crippen molar-refractivity contribution in [1.82, 2.24) is 9.97 Å². The quantitative estimate of drug-likeness (QED) is 0.580. The first-order valence-electron chi connectivity index (χ1n) is 6.61. The van der Waals surface area contributed by atoms with Gasteiger partial charge in [0.15, 0.2) is 0 Å². The summed E-state index contributed by atoms with van der Waals surface area (Å²) in [6.45, 7) is 5.68. The maximum atomic E-state index is 10.9. The summed E-state index contributed by atoms with van der Waals surface area (Å²) in [5.74, 6) is 2.03. The average Bonchev–Trinajstić information content (AvgIpc) is 3.09. The van der Waals surface area contributed by atoms with E-state index in [1.807, 2.05) is 6.92 Å².